The molecule has 352 valence electrons. The third kappa shape index (κ3) is 29.5. The summed E-state index contributed by atoms with van der Waals surface area (Å²) in [5.74, 6) is -1.16. The Kier molecular flexibility index (Phi) is 34.3. The molecule has 0 amide bonds. The zero-order chi connectivity index (χ0) is 45.0. The minimum atomic E-state index is -5.13. The normalized spacial score (nSPS) is 22.6. The Morgan fingerprint density at radius 1 is 0.508 bits per heavy atom. The van der Waals surface area contributed by atoms with Gasteiger partial charge in [-0.1, -0.05) is 132 Å². The first-order chi connectivity index (χ1) is 29.4. The molecule has 1 saturated carbocycles. The van der Waals surface area contributed by atoms with Crippen LogP contribution in [0.2, 0.25) is 0 Å². The van der Waals surface area contributed by atoms with Crippen LogP contribution >= 0.6 is 7.82 Å². The standard InChI is InChI=1S/C47H81O13P/c1-3-5-7-9-11-13-15-17-19-20-22-24-26-28-30-32-34-36-41(49)59-39(38-58-61(55,56)60-47-45(53)43(51)42(50)44(52)46(47)54)37-57-40(48)35-33-31-29-27-25-23-21-18-16-14-12-10-8-6-4-2/h11-14,17-19,21,25,27,39,42-47,50-54H,3-10,15-16,20,22-24,26,28-38H2,1-2H3,(H,55,56)/b13-11+,14-12+,19-17+,21-18+,27-25+/t39-,42?,43+,44?,45?,46?,47?/m1/s1. The molecule has 0 aliphatic heterocycles. The number of carbonyl (C=O) groups is 2. The molecular formula is C47H81O13P. The van der Waals surface area contributed by atoms with E-state index >= 15 is 0 Å². The first kappa shape index (κ1) is 56.6. The van der Waals surface area contributed by atoms with Crippen molar-refractivity contribution in [3.8, 4) is 0 Å². The van der Waals surface area contributed by atoms with Crippen LogP contribution in [0.4, 0.5) is 0 Å². The number of ether oxygens (including phenoxy) is 2. The number of hydrogen-bond acceptors (Lipinski definition) is 12. The number of allylic oxidation sites excluding steroid dienone is 10. The van der Waals surface area contributed by atoms with Crippen LogP contribution in [0, 0.1) is 0 Å². The number of aliphatic hydroxyl groups is 5. The summed E-state index contributed by atoms with van der Waals surface area (Å²) in [6, 6.07) is 0. The molecule has 1 aliphatic rings. The van der Waals surface area contributed by atoms with Crippen LogP contribution in [0.1, 0.15) is 168 Å². The topological polar surface area (TPSA) is 210 Å². The Morgan fingerprint density at radius 3 is 1.38 bits per heavy atom. The van der Waals surface area contributed by atoms with Crippen LogP contribution in [-0.4, -0.2) is 98.3 Å². The van der Waals surface area contributed by atoms with Gasteiger partial charge in [-0.15, -0.1) is 0 Å². The van der Waals surface area contributed by atoms with E-state index in [1.54, 1.807) is 0 Å². The predicted molar refractivity (Wildman–Crippen MR) is 239 cm³/mol. The van der Waals surface area contributed by atoms with Gasteiger partial charge in [-0.05, 0) is 83.5 Å². The quantitative estimate of drug-likeness (QED) is 0.0149. The van der Waals surface area contributed by atoms with E-state index in [1.807, 2.05) is 0 Å². The summed E-state index contributed by atoms with van der Waals surface area (Å²) < 4.78 is 33.5. The number of rotatable bonds is 37. The minimum Gasteiger partial charge on any atom is -0.462 e. The molecule has 6 unspecified atom stereocenters. The summed E-state index contributed by atoms with van der Waals surface area (Å²) in [5, 5.41) is 50.1. The molecule has 0 radical (unpaired) electrons. The molecule has 0 spiro atoms. The van der Waals surface area contributed by atoms with Crippen molar-refractivity contribution in [2.24, 2.45) is 0 Å². The summed E-state index contributed by atoms with van der Waals surface area (Å²) in [5.41, 5.74) is 0. The van der Waals surface area contributed by atoms with E-state index in [0.717, 1.165) is 89.9 Å². The smallest absolute Gasteiger partial charge is 0.462 e. The van der Waals surface area contributed by atoms with E-state index < -0.39 is 75.7 Å². The summed E-state index contributed by atoms with van der Waals surface area (Å²) in [7, 11) is -5.13. The number of carbonyl (C=O) groups excluding carboxylic acids is 2. The summed E-state index contributed by atoms with van der Waals surface area (Å²) in [6.45, 7) is 3.20. The van der Waals surface area contributed by atoms with E-state index in [4.69, 9.17) is 18.5 Å². The third-order valence-corrected chi connectivity index (χ3v) is 11.3. The number of unbranched alkanes of at least 4 members (excludes halogenated alkanes) is 15. The van der Waals surface area contributed by atoms with Gasteiger partial charge in [0.05, 0.1) is 6.61 Å². The number of phosphoric acid groups is 1. The van der Waals surface area contributed by atoms with Crippen molar-refractivity contribution < 1.29 is 63.1 Å². The molecule has 0 heterocycles. The van der Waals surface area contributed by atoms with Gasteiger partial charge in [0, 0.05) is 12.8 Å². The van der Waals surface area contributed by atoms with Crippen molar-refractivity contribution >= 4 is 19.8 Å². The average molecular weight is 885 g/mol. The van der Waals surface area contributed by atoms with Gasteiger partial charge in [0.1, 0.15) is 43.2 Å². The lowest BCUT2D eigenvalue weighted by Crippen LogP contribution is -2.64. The van der Waals surface area contributed by atoms with Gasteiger partial charge in [0.25, 0.3) is 0 Å². The molecule has 13 nitrogen and oxygen atoms in total. The maximum atomic E-state index is 12.8. The Morgan fingerprint density at radius 2 is 0.885 bits per heavy atom. The summed E-state index contributed by atoms with van der Waals surface area (Å²) in [6.07, 6.45) is 31.3. The molecule has 8 atom stereocenters. The lowest BCUT2D eigenvalue weighted by Gasteiger charge is -2.41. The van der Waals surface area contributed by atoms with Crippen molar-refractivity contribution in [3.63, 3.8) is 0 Å². The second-order valence-corrected chi connectivity index (χ2v) is 17.3. The van der Waals surface area contributed by atoms with E-state index in [-0.39, 0.29) is 12.8 Å². The number of phosphoric ester groups is 1. The van der Waals surface area contributed by atoms with Crippen molar-refractivity contribution in [2.45, 2.75) is 211 Å². The molecule has 0 bridgehead atoms. The molecule has 1 rings (SSSR count). The van der Waals surface area contributed by atoms with Crippen LogP contribution in [0.5, 0.6) is 0 Å². The highest BCUT2D eigenvalue weighted by Gasteiger charge is 2.51. The van der Waals surface area contributed by atoms with Gasteiger partial charge in [0.2, 0.25) is 0 Å². The third-order valence-electron chi connectivity index (χ3n) is 10.3. The van der Waals surface area contributed by atoms with Gasteiger partial charge in [-0.2, -0.15) is 0 Å². The zero-order valence-corrected chi connectivity index (χ0v) is 38.1. The van der Waals surface area contributed by atoms with Gasteiger partial charge in [-0.25, -0.2) is 4.57 Å². The van der Waals surface area contributed by atoms with Crippen LogP contribution in [0.25, 0.3) is 0 Å². The second kappa shape index (κ2) is 37.0. The maximum absolute atomic E-state index is 12.8. The highest BCUT2D eigenvalue weighted by Crippen LogP contribution is 2.47. The van der Waals surface area contributed by atoms with Crippen LogP contribution in [0.15, 0.2) is 60.8 Å². The molecule has 61 heavy (non-hydrogen) atoms. The summed E-state index contributed by atoms with van der Waals surface area (Å²) >= 11 is 0. The molecule has 6 N–H and O–H groups in total. The molecule has 1 aliphatic carbocycles. The largest absolute Gasteiger partial charge is 0.472 e. The lowest BCUT2D eigenvalue weighted by atomic mass is 9.85. The van der Waals surface area contributed by atoms with Crippen LogP contribution < -0.4 is 0 Å². The van der Waals surface area contributed by atoms with E-state index in [1.165, 1.54) is 38.5 Å². The van der Waals surface area contributed by atoms with Gasteiger partial charge in [0.15, 0.2) is 6.10 Å². The van der Waals surface area contributed by atoms with Crippen molar-refractivity contribution in [1.82, 2.24) is 0 Å². The van der Waals surface area contributed by atoms with Crippen molar-refractivity contribution in [1.29, 1.82) is 0 Å². The Labute approximate surface area is 366 Å². The zero-order valence-electron chi connectivity index (χ0n) is 37.2. The lowest BCUT2D eigenvalue weighted by molar-refractivity contribution is -0.220. The number of aliphatic hydroxyl groups excluding tert-OH is 5. The van der Waals surface area contributed by atoms with Gasteiger partial charge < -0.3 is 39.9 Å². The van der Waals surface area contributed by atoms with Crippen molar-refractivity contribution in [3.05, 3.63) is 60.8 Å². The highest BCUT2D eigenvalue weighted by molar-refractivity contribution is 7.47. The van der Waals surface area contributed by atoms with Crippen LogP contribution in [-0.2, 0) is 32.7 Å². The average Bonchev–Trinajstić information content (AvgIpc) is 3.24. The van der Waals surface area contributed by atoms with Gasteiger partial charge in [-0.3, -0.25) is 18.6 Å². The Balaban J connectivity index is 2.50. The first-order valence-electron chi connectivity index (χ1n) is 23.1. The fourth-order valence-corrected chi connectivity index (χ4v) is 7.53. The molecule has 0 aromatic carbocycles. The monoisotopic (exact) mass is 885 g/mol. The molecule has 0 aromatic heterocycles. The molecule has 0 saturated heterocycles. The Bertz CT molecular complexity index is 1300. The maximum Gasteiger partial charge on any atom is 0.472 e. The SMILES string of the molecule is CCCCC/C=C/C/C=C/C/C=C/CCCCC(=O)OC[C@H](COP(=O)(O)OC1C(O)C(O)C(O)[C@H](O)C1O)OC(=O)CCCCCCCCC/C=C/C/C=C/CCCCC. The fourth-order valence-electron chi connectivity index (χ4n) is 6.56. The molecule has 14 heteroatoms. The fraction of sp³-hybridized carbons (Fsp3) is 0.745. The van der Waals surface area contributed by atoms with Crippen LogP contribution in [0.3, 0.4) is 0 Å². The summed E-state index contributed by atoms with van der Waals surface area (Å²) in [4.78, 5) is 35.7. The molecular weight excluding hydrogens is 803 g/mol. The van der Waals surface area contributed by atoms with E-state index in [2.05, 4.69) is 74.6 Å². The molecule has 1 fully saturated rings. The Hall–Kier alpha value is -2.45. The van der Waals surface area contributed by atoms with E-state index in [9.17, 15) is 44.6 Å². The highest BCUT2D eigenvalue weighted by atomic mass is 31.2. The number of esters is 2. The van der Waals surface area contributed by atoms with E-state index in [0.29, 0.717) is 12.8 Å². The number of hydrogen-bond donors (Lipinski definition) is 6. The van der Waals surface area contributed by atoms with Crippen molar-refractivity contribution in [2.75, 3.05) is 13.2 Å². The predicted octanol–water partition coefficient (Wildman–Crippen LogP) is 8.94. The second-order valence-electron chi connectivity index (χ2n) is 15.9. The minimum absolute atomic E-state index is 0.0770. The molecule has 0 aromatic rings. The first-order valence-corrected chi connectivity index (χ1v) is 24.6. The van der Waals surface area contributed by atoms with Gasteiger partial charge >= 0.3 is 19.8 Å².